The summed E-state index contributed by atoms with van der Waals surface area (Å²) in [5.41, 5.74) is 0.932. The Labute approximate surface area is 174 Å². The van der Waals surface area contributed by atoms with Crippen molar-refractivity contribution < 1.29 is 14.3 Å². The van der Waals surface area contributed by atoms with Crippen LogP contribution in [0.1, 0.15) is 56.9 Å². The molecule has 0 heterocycles. The lowest BCUT2D eigenvalue weighted by atomic mass is 9.49. The number of ether oxygens (including phenoxy) is 2. The fourth-order valence-corrected chi connectivity index (χ4v) is 6.53. The Morgan fingerprint density at radius 1 is 1.17 bits per heavy atom. The topological polar surface area (TPSA) is 62.6 Å². The maximum Gasteiger partial charge on any atom is 0.222 e. The van der Waals surface area contributed by atoms with Gasteiger partial charge in [-0.1, -0.05) is 0 Å². The molecule has 156 valence electrons. The number of benzene rings is 1. The number of hydrogen-bond donors (Lipinski definition) is 0. The number of methoxy groups -OCH3 is 1. The first-order valence-corrected chi connectivity index (χ1v) is 10.9. The van der Waals surface area contributed by atoms with Crippen LogP contribution < -0.4 is 9.47 Å². The number of rotatable bonds is 8. The highest BCUT2D eigenvalue weighted by atomic mass is 16.5. The first-order valence-electron chi connectivity index (χ1n) is 10.9. The van der Waals surface area contributed by atoms with Crippen LogP contribution in [-0.2, 0) is 4.79 Å². The molecule has 0 N–H and O–H groups in total. The molecule has 0 spiro atoms. The maximum absolute atomic E-state index is 12.7. The summed E-state index contributed by atoms with van der Waals surface area (Å²) in [5, 5.41) is 8.98. The van der Waals surface area contributed by atoms with E-state index in [1.54, 1.807) is 25.3 Å². The number of carbonyl (C=O) groups excluding carboxylic acids is 1. The molecule has 5 heteroatoms. The summed E-state index contributed by atoms with van der Waals surface area (Å²) in [7, 11) is 3.54. The summed E-state index contributed by atoms with van der Waals surface area (Å²) in [6, 6.07) is 7.22. The van der Waals surface area contributed by atoms with Gasteiger partial charge in [0.1, 0.15) is 0 Å². The second kappa shape index (κ2) is 8.26. The van der Waals surface area contributed by atoms with Gasteiger partial charge in [-0.2, -0.15) is 5.26 Å². The molecule has 4 aliphatic rings. The lowest BCUT2D eigenvalue weighted by Crippen LogP contribution is -2.51. The first-order chi connectivity index (χ1) is 14.0. The highest BCUT2D eigenvalue weighted by Gasteiger charge is 2.51. The Balaban J connectivity index is 1.24. The minimum Gasteiger partial charge on any atom is -0.493 e. The van der Waals surface area contributed by atoms with E-state index in [4.69, 9.17) is 14.7 Å². The number of hydrogen-bond acceptors (Lipinski definition) is 4. The number of nitriles is 1. The third kappa shape index (κ3) is 4.37. The van der Waals surface area contributed by atoms with Crippen LogP contribution in [0, 0.1) is 34.5 Å². The molecule has 1 amide bonds. The molecule has 0 unspecified atom stereocenters. The zero-order valence-electron chi connectivity index (χ0n) is 17.7. The van der Waals surface area contributed by atoms with Crippen molar-refractivity contribution in [3.05, 3.63) is 23.8 Å². The summed E-state index contributed by atoms with van der Waals surface area (Å²) < 4.78 is 11.1. The SMILES string of the molecule is COc1cc(C#N)ccc1OCCCC(=O)N(C)CC12CC3CC(CC(C3)C1)C2. The van der Waals surface area contributed by atoms with E-state index in [2.05, 4.69) is 6.07 Å². The average Bonchev–Trinajstić information content (AvgIpc) is 2.69. The summed E-state index contributed by atoms with van der Waals surface area (Å²) in [6.07, 6.45) is 9.48. The fourth-order valence-electron chi connectivity index (χ4n) is 6.53. The van der Waals surface area contributed by atoms with Crippen molar-refractivity contribution in [2.45, 2.75) is 51.4 Å². The van der Waals surface area contributed by atoms with Crippen molar-refractivity contribution in [2.24, 2.45) is 23.2 Å². The maximum atomic E-state index is 12.7. The van der Waals surface area contributed by atoms with Crippen LogP contribution in [0.5, 0.6) is 11.5 Å². The van der Waals surface area contributed by atoms with Crippen LogP contribution in [0.15, 0.2) is 18.2 Å². The Morgan fingerprint density at radius 3 is 2.41 bits per heavy atom. The van der Waals surface area contributed by atoms with E-state index < -0.39 is 0 Å². The van der Waals surface area contributed by atoms with Crippen molar-refractivity contribution in [1.29, 1.82) is 5.26 Å². The molecular formula is C24H32N2O3. The fraction of sp³-hybridized carbons (Fsp3) is 0.667. The zero-order chi connectivity index (χ0) is 20.4. The lowest BCUT2D eigenvalue weighted by Gasteiger charge is -2.57. The van der Waals surface area contributed by atoms with E-state index in [9.17, 15) is 4.79 Å². The van der Waals surface area contributed by atoms with E-state index in [-0.39, 0.29) is 5.91 Å². The third-order valence-corrected chi connectivity index (χ3v) is 7.25. The molecule has 4 fully saturated rings. The first kappa shape index (κ1) is 20.1. The minimum atomic E-state index is 0.219. The van der Waals surface area contributed by atoms with Crippen LogP contribution in [0.3, 0.4) is 0 Å². The smallest absolute Gasteiger partial charge is 0.222 e. The summed E-state index contributed by atoms with van der Waals surface area (Å²) >= 11 is 0. The van der Waals surface area contributed by atoms with Crippen LogP contribution in [-0.4, -0.2) is 38.1 Å². The summed E-state index contributed by atoms with van der Waals surface area (Å²) in [6.45, 7) is 1.39. The van der Waals surface area contributed by atoms with Crippen LogP contribution in [0.2, 0.25) is 0 Å². The Kier molecular flexibility index (Phi) is 5.72. The van der Waals surface area contributed by atoms with E-state index in [0.717, 1.165) is 24.3 Å². The van der Waals surface area contributed by atoms with Crippen LogP contribution in [0.25, 0.3) is 0 Å². The van der Waals surface area contributed by atoms with Gasteiger partial charge in [0, 0.05) is 26.1 Å². The van der Waals surface area contributed by atoms with Gasteiger partial charge < -0.3 is 14.4 Å². The molecule has 0 radical (unpaired) electrons. The van der Waals surface area contributed by atoms with Crippen LogP contribution in [0.4, 0.5) is 0 Å². The van der Waals surface area contributed by atoms with Crippen molar-refractivity contribution in [2.75, 3.05) is 27.3 Å². The highest BCUT2D eigenvalue weighted by molar-refractivity contribution is 5.75. The average molecular weight is 397 g/mol. The summed E-state index contributed by atoms with van der Waals surface area (Å²) in [4.78, 5) is 14.7. The van der Waals surface area contributed by atoms with E-state index in [0.29, 0.717) is 41.9 Å². The molecule has 29 heavy (non-hydrogen) atoms. The van der Waals surface area contributed by atoms with Gasteiger partial charge >= 0.3 is 0 Å². The molecular weight excluding hydrogens is 364 g/mol. The van der Waals surface area contributed by atoms with Crippen molar-refractivity contribution >= 4 is 5.91 Å². The van der Waals surface area contributed by atoms with E-state index in [1.165, 1.54) is 38.5 Å². The standard InChI is InChI=1S/C24H32N2O3/c1-26(16-24-12-18-8-19(13-24)10-20(9-18)14-24)23(27)4-3-7-29-21-6-5-17(15-25)11-22(21)28-2/h5-6,11,18-20H,3-4,7-10,12-14,16H2,1-2H3. The Morgan fingerprint density at radius 2 is 1.83 bits per heavy atom. The molecule has 1 aromatic carbocycles. The number of amides is 1. The minimum absolute atomic E-state index is 0.219. The van der Waals surface area contributed by atoms with E-state index >= 15 is 0 Å². The second-order valence-electron chi connectivity index (χ2n) is 9.60. The molecule has 0 atom stereocenters. The van der Waals surface area contributed by atoms with Gasteiger partial charge in [0.25, 0.3) is 0 Å². The van der Waals surface area contributed by atoms with Gasteiger partial charge in [-0.05, 0) is 80.2 Å². The highest BCUT2D eigenvalue weighted by Crippen LogP contribution is 2.60. The van der Waals surface area contributed by atoms with Gasteiger partial charge in [-0.25, -0.2) is 0 Å². The molecule has 4 saturated carbocycles. The normalized spacial score (nSPS) is 29.3. The quantitative estimate of drug-likeness (QED) is 0.611. The molecule has 5 rings (SSSR count). The molecule has 0 aromatic heterocycles. The van der Waals surface area contributed by atoms with Gasteiger partial charge in [-0.3, -0.25) is 4.79 Å². The second-order valence-corrected chi connectivity index (χ2v) is 9.60. The van der Waals surface area contributed by atoms with Gasteiger partial charge in [-0.15, -0.1) is 0 Å². The van der Waals surface area contributed by atoms with Crippen molar-refractivity contribution in [1.82, 2.24) is 4.90 Å². The predicted octanol–water partition coefficient (Wildman–Crippen LogP) is 4.40. The van der Waals surface area contributed by atoms with Gasteiger partial charge in [0.05, 0.1) is 25.3 Å². The molecule has 4 bridgehead atoms. The largest absolute Gasteiger partial charge is 0.493 e. The monoisotopic (exact) mass is 396 g/mol. The molecule has 4 aliphatic carbocycles. The molecule has 0 saturated heterocycles. The Bertz CT molecular complexity index is 763. The third-order valence-electron chi connectivity index (χ3n) is 7.25. The van der Waals surface area contributed by atoms with Crippen LogP contribution >= 0.6 is 0 Å². The van der Waals surface area contributed by atoms with Crippen molar-refractivity contribution in [3.63, 3.8) is 0 Å². The van der Waals surface area contributed by atoms with Crippen molar-refractivity contribution in [3.8, 4) is 17.6 Å². The predicted molar refractivity (Wildman–Crippen MR) is 111 cm³/mol. The Hall–Kier alpha value is -2.22. The van der Waals surface area contributed by atoms with Gasteiger partial charge in [0.2, 0.25) is 5.91 Å². The summed E-state index contributed by atoms with van der Waals surface area (Å²) in [5.74, 6) is 4.13. The number of carbonyl (C=O) groups is 1. The molecule has 1 aromatic rings. The zero-order valence-corrected chi connectivity index (χ0v) is 17.7. The van der Waals surface area contributed by atoms with Gasteiger partial charge in [0.15, 0.2) is 11.5 Å². The number of nitrogens with zero attached hydrogens (tertiary/aromatic N) is 2. The molecule has 5 nitrogen and oxygen atoms in total. The van der Waals surface area contributed by atoms with E-state index in [1.807, 2.05) is 11.9 Å². The molecule has 0 aliphatic heterocycles. The lowest BCUT2D eigenvalue weighted by molar-refractivity contribution is -0.135.